The number of anilines is 1. The summed E-state index contributed by atoms with van der Waals surface area (Å²) in [6.07, 6.45) is 0. The maximum Gasteiger partial charge on any atom is 0.294 e. The Kier molecular flexibility index (Phi) is 3.49. The second kappa shape index (κ2) is 4.89. The van der Waals surface area contributed by atoms with Crippen LogP contribution in [0.5, 0.6) is 0 Å². The van der Waals surface area contributed by atoms with Gasteiger partial charge in [0.25, 0.3) is 5.69 Å². The van der Waals surface area contributed by atoms with Crippen LogP contribution in [0.4, 0.5) is 11.4 Å². The van der Waals surface area contributed by atoms with E-state index in [1.54, 1.807) is 12.1 Å². The zero-order valence-electron chi connectivity index (χ0n) is 9.65. The minimum absolute atomic E-state index is 0.0945. The molecule has 0 saturated carbocycles. The maximum atomic E-state index is 11.0. The van der Waals surface area contributed by atoms with Crippen LogP contribution in [0, 0.1) is 10.1 Å². The lowest BCUT2D eigenvalue weighted by Crippen LogP contribution is -3.12. The van der Waals surface area contributed by atoms with Gasteiger partial charge in [0, 0.05) is 6.07 Å². The van der Waals surface area contributed by atoms with Gasteiger partial charge >= 0.3 is 0 Å². The molecule has 0 aliphatic carbocycles. The highest BCUT2D eigenvalue weighted by atomic mass is 35.5. The average Bonchev–Trinajstić information content (AvgIpc) is 2.30. The van der Waals surface area contributed by atoms with Gasteiger partial charge in [-0.3, -0.25) is 10.1 Å². The third-order valence-corrected chi connectivity index (χ3v) is 3.40. The fraction of sp³-hybridized carbons (Fsp3) is 0.455. The number of nitro groups is 1. The number of likely N-dealkylation sites (N-methyl/N-ethyl adjacent to an activating group) is 1. The number of benzene rings is 1. The van der Waals surface area contributed by atoms with Crippen molar-refractivity contribution < 1.29 is 9.82 Å². The molecule has 1 aromatic carbocycles. The van der Waals surface area contributed by atoms with Gasteiger partial charge in [-0.1, -0.05) is 17.7 Å². The van der Waals surface area contributed by atoms with Gasteiger partial charge in [-0.15, -0.1) is 0 Å². The van der Waals surface area contributed by atoms with Crippen molar-refractivity contribution in [2.45, 2.75) is 0 Å². The van der Waals surface area contributed by atoms with Gasteiger partial charge in [-0.25, -0.2) is 0 Å². The molecule has 6 heteroatoms. The van der Waals surface area contributed by atoms with E-state index in [9.17, 15) is 10.1 Å². The molecule has 1 N–H and O–H groups in total. The van der Waals surface area contributed by atoms with Crippen LogP contribution in [-0.2, 0) is 0 Å². The van der Waals surface area contributed by atoms with Crippen molar-refractivity contribution in [2.75, 3.05) is 38.1 Å². The van der Waals surface area contributed by atoms with E-state index >= 15 is 0 Å². The molecule has 5 nitrogen and oxygen atoms in total. The number of nitro benzene ring substituents is 1. The van der Waals surface area contributed by atoms with E-state index < -0.39 is 0 Å². The SMILES string of the molecule is C[NH+]1CCN(c2c(Cl)cccc2[N+](=O)[O-])CC1. The zero-order chi connectivity index (χ0) is 12.4. The van der Waals surface area contributed by atoms with E-state index in [1.807, 2.05) is 4.90 Å². The van der Waals surface area contributed by atoms with Crippen molar-refractivity contribution >= 4 is 23.0 Å². The molecule has 0 spiro atoms. The molecule has 1 aromatic rings. The topological polar surface area (TPSA) is 50.8 Å². The van der Waals surface area contributed by atoms with Crippen molar-refractivity contribution in [2.24, 2.45) is 0 Å². The van der Waals surface area contributed by atoms with Crippen molar-refractivity contribution in [3.63, 3.8) is 0 Å². The van der Waals surface area contributed by atoms with Gasteiger partial charge in [0.05, 0.1) is 43.2 Å². The van der Waals surface area contributed by atoms with Crippen molar-refractivity contribution in [1.82, 2.24) is 0 Å². The highest BCUT2D eigenvalue weighted by Crippen LogP contribution is 2.35. The first-order valence-electron chi connectivity index (χ1n) is 5.58. The second-order valence-corrected chi connectivity index (χ2v) is 4.72. The van der Waals surface area contributed by atoms with E-state index in [0.29, 0.717) is 10.7 Å². The molecule has 0 unspecified atom stereocenters. The minimum atomic E-state index is -0.369. The fourth-order valence-corrected chi connectivity index (χ4v) is 2.37. The van der Waals surface area contributed by atoms with Crippen molar-refractivity contribution in [1.29, 1.82) is 0 Å². The lowest BCUT2D eigenvalue weighted by atomic mass is 10.2. The third-order valence-electron chi connectivity index (χ3n) is 3.10. The molecule has 92 valence electrons. The number of hydrogen-bond donors (Lipinski definition) is 1. The van der Waals surface area contributed by atoms with Crippen LogP contribution in [0.2, 0.25) is 5.02 Å². The van der Waals surface area contributed by atoms with Crippen LogP contribution in [0.25, 0.3) is 0 Å². The molecule has 1 heterocycles. The van der Waals surface area contributed by atoms with Crippen molar-refractivity contribution in [3.8, 4) is 0 Å². The molecule has 0 aromatic heterocycles. The number of para-hydroxylation sites is 1. The lowest BCUT2D eigenvalue weighted by Gasteiger charge is -2.31. The van der Waals surface area contributed by atoms with E-state index in [1.165, 1.54) is 11.0 Å². The summed E-state index contributed by atoms with van der Waals surface area (Å²) < 4.78 is 0. The van der Waals surface area contributed by atoms with Crippen LogP contribution in [0.3, 0.4) is 0 Å². The quantitative estimate of drug-likeness (QED) is 0.622. The summed E-state index contributed by atoms with van der Waals surface area (Å²) >= 11 is 6.09. The zero-order valence-corrected chi connectivity index (χ0v) is 10.4. The summed E-state index contributed by atoms with van der Waals surface area (Å²) in [7, 11) is 2.12. The Morgan fingerprint density at radius 1 is 1.41 bits per heavy atom. The molecule has 0 radical (unpaired) electrons. The summed E-state index contributed by atoms with van der Waals surface area (Å²) in [4.78, 5) is 14.1. The largest absolute Gasteiger partial charge is 0.353 e. The summed E-state index contributed by atoms with van der Waals surface area (Å²) in [5.74, 6) is 0. The van der Waals surface area contributed by atoms with Crippen LogP contribution in [-0.4, -0.2) is 38.2 Å². The summed E-state index contributed by atoms with van der Waals surface area (Å²) in [6, 6.07) is 4.83. The van der Waals surface area contributed by atoms with Gasteiger partial charge in [-0.05, 0) is 6.07 Å². The molecule has 1 fully saturated rings. The maximum absolute atomic E-state index is 11.0. The predicted molar refractivity (Wildman–Crippen MR) is 66.9 cm³/mol. The molecule has 1 aliphatic rings. The number of piperazine rings is 1. The molecule has 0 amide bonds. The number of nitrogens with one attached hydrogen (secondary N) is 1. The normalized spacial score (nSPS) is 17.2. The van der Waals surface area contributed by atoms with E-state index in [-0.39, 0.29) is 10.6 Å². The van der Waals surface area contributed by atoms with Crippen LogP contribution >= 0.6 is 11.6 Å². The molecule has 1 aliphatic heterocycles. The monoisotopic (exact) mass is 256 g/mol. The lowest BCUT2D eigenvalue weighted by molar-refractivity contribution is -0.880. The molecule has 0 bridgehead atoms. The Balaban J connectivity index is 2.33. The summed E-state index contributed by atoms with van der Waals surface area (Å²) in [6.45, 7) is 3.55. The Hall–Kier alpha value is -1.33. The van der Waals surface area contributed by atoms with Crippen molar-refractivity contribution in [3.05, 3.63) is 33.3 Å². The van der Waals surface area contributed by atoms with Gasteiger partial charge in [0.1, 0.15) is 5.69 Å². The van der Waals surface area contributed by atoms with Gasteiger partial charge in [0.2, 0.25) is 0 Å². The van der Waals surface area contributed by atoms with Gasteiger partial charge in [-0.2, -0.15) is 0 Å². The smallest absolute Gasteiger partial charge is 0.294 e. The Morgan fingerprint density at radius 2 is 2.06 bits per heavy atom. The standard InChI is InChI=1S/C11H14ClN3O2/c1-13-5-7-14(8-6-13)11-9(12)3-2-4-10(11)15(16)17/h2-4H,5-8H2,1H3/p+1. The fourth-order valence-electron chi connectivity index (χ4n) is 2.08. The number of quaternary nitrogens is 1. The minimum Gasteiger partial charge on any atom is -0.353 e. The van der Waals surface area contributed by atoms with E-state index in [0.717, 1.165) is 26.2 Å². The molecule has 17 heavy (non-hydrogen) atoms. The van der Waals surface area contributed by atoms with E-state index in [2.05, 4.69) is 7.05 Å². The summed E-state index contributed by atoms with van der Waals surface area (Å²) in [5.41, 5.74) is 0.656. The predicted octanol–water partition coefficient (Wildman–Crippen LogP) is 0.583. The van der Waals surface area contributed by atoms with Crippen LogP contribution in [0.15, 0.2) is 18.2 Å². The molecule has 2 rings (SSSR count). The Labute approximate surface area is 105 Å². The van der Waals surface area contributed by atoms with Gasteiger partial charge < -0.3 is 9.80 Å². The number of hydrogen-bond acceptors (Lipinski definition) is 3. The average molecular weight is 257 g/mol. The Bertz CT molecular complexity index is 431. The molecular formula is C11H15ClN3O2+. The first-order chi connectivity index (χ1) is 8.09. The number of rotatable bonds is 2. The van der Waals surface area contributed by atoms with E-state index in [4.69, 9.17) is 11.6 Å². The van der Waals surface area contributed by atoms with Crippen LogP contribution < -0.4 is 9.80 Å². The first kappa shape index (κ1) is 12.1. The highest BCUT2D eigenvalue weighted by Gasteiger charge is 2.26. The first-order valence-corrected chi connectivity index (χ1v) is 5.96. The second-order valence-electron chi connectivity index (χ2n) is 4.31. The molecule has 1 saturated heterocycles. The Morgan fingerprint density at radius 3 is 2.65 bits per heavy atom. The number of nitrogens with zero attached hydrogens (tertiary/aromatic N) is 2. The summed E-state index contributed by atoms with van der Waals surface area (Å²) in [5, 5.41) is 11.5. The highest BCUT2D eigenvalue weighted by molar-refractivity contribution is 6.33. The molecular weight excluding hydrogens is 242 g/mol. The number of halogens is 1. The third kappa shape index (κ3) is 2.50. The van der Waals surface area contributed by atoms with Gasteiger partial charge in [0.15, 0.2) is 0 Å². The molecule has 0 atom stereocenters. The van der Waals surface area contributed by atoms with Crippen LogP contribution in [0.1, 0.15) is 0 Å².